The normalized spacial score (nSPS) is 10.4. The van der Waals surface area contributed by atoms with Crippen LogP contribution in [0.4, 0.5) is 0 Å². The number of pyridine rings is 1. The van der Waals surface area contributed by atoms with E-state index in [0.717, 1.165) is 23.1 Å². The van der Waals surface area contributed by atoms with E-state index >= 15 is 0 Å². The predicted octanol–water partition coefficient (Wildman–Crippen LogP) is 1.60. The second kappa shape index (κ2) is 8.74. The summed E-state index contributed by atoms with van der Waals surface area (Å²) in [7, 11) is 0. The molecular formula is C24H20BrNO. The zero-order chi connectivity index (χ0) is 17.8. The van der Waals surface area contributed by atoms with Gasteiger partial charge in [-0.3, -0.25) is 4.79 Å². The number of fused-ring (bicyclic) bond motifs is 1. The lowest BCUT2D eigenvalue weighted by Crippen LogP contribution is -3.00. The van der Waals surface area contributed by atoms with E-state index in [4.69, 9.17) is 0 Å². The Labute approximate surface area is 169 Å². The molecule has 27 heavy (non-hydrogen) atoms. The fourth-order valence-corrected chi connectivity index (χ4v) is 3.25. The Morgan fingerprint density at radius 2 is 1.33 bits per heavy atom. The monoisotopic (exact) mass is 417 g/mol. The van der Waals surface area contributed by atoms with E-state index in [9.17, 15) is 4.79 Å². The summed E-state index contributed by atoms with van der Waals surface area (Å²) in [5, 5.41) is 2.34. The molecule has 1 aromatic heterocycles. The highest BCUT2D eigenvalue weighted by molar-refractivity contribution is 5.95. The van der Waals surface area contributed by atoms with Crippen LogP contribution < -0.4 is 21.5 Å². The Bertz CT molecular complexity index is 1050. The number of Topliss-reactive ketones (excluding diaryl/α,β-unsaturated/α-hetero) is 1. The molecule has 0 aliphatic carbocycles. The van der Waals surface area contributed by atoms with Crippen LogP contribution in [-0.2, 0) is 13.0 Å². The van der Waals surface area contributed by atoms with Gasteiger partial charge < -0.3 is 17.0 Å². The second-order valence-corrected chi connectivity index (χ2v) is 6.47. The molecule has 0 fully saturated rings. The van der Waals surface area contributed by atoms with Crippen molar-refractivity contribution in [2.24, 2.45) is 0 Å². The van der Waals surface area contributed by atoms with Crippen LogP contribution in [0, 0.1) is 0 Å². The summed E-state index contributed by atoms with van der Waals surface area (Å²) in [6, 6.07) is 30.4. The van der Waals surface area contributed by atoms with Gasteiger partial charge in [-0.1, -0.05) is 78.9 Å². The van der Waals surface area contributed by atoms with Crippen molar-refractivity contribution < 1.29 is 26.3 Å². The maximum Gasteiger partial charge on any atom is 0.227 e. The lowest BCUT2D eigenvalue weighted by atomic mass is 10.1. The fraction of sp³-hybridized carbons (Fsp3) is 0.0833. The van der Waals surface area contributed by atoms with Crippen molar-refractivity contribution in [3.63, 3.8) is 0 Å². The number of nitrogens with zero attached hydrogens (tertiary/aromatic N) is 1. The van der Waals surface area contributed by atoms with E-state index < -0.39 is 0 Å². The van der Waals surface area contributed by atoms with Crippen LogP contribution in [0.25, 0.3) is 10.8 Å². The van der Waals surface area contributed by atoms with Crippen LogP contribution >= 0.6 is 0 Å². The van der Waals surface area contributed by atoms with Gasteiger partial charge in [0, 0.05) is 17.0 Å². The van der Waals surface area contributed by atoms with Crippen molar-refractivity contribution in [2.45, 2.75) is 13.0 Å². The third-order valence-electron chi connectivity index (χ3n) is 4.62. The third-order valence-corrected chi connectivity index (χ3v) is 4.62. The number of hydrogen-bond donors (Lipinski definition) is 0. The molecule has 0 amide bonds. The molecule has 0 bridgehead atoms. The van der Waals surface area contributed by atoms with Gasteiger partial charge in [-0.05, 0) is 17.0 Å². The van der Waals surface area contributed by atoms with Crippen LogP contribution in [0.2, 0.25) is 0 Å². The molecule has 0 radical (unpaired) electrons. The van der Waals surface area contributed by atoms with E-state index in [1.54, 1.807) is 0 Å². The van der Waals surface area contributed by atoms with Crippen LogP contribution in [0.5, 0.6) is 0 Å². The molecule has 2 nitrogen and oxygen atoms in total. The maximum atomic E-state index is 12.7. The molecule has 0 atom stereocenters. The summed E-state index contributed by atoms with van der Waals surface area (Å²) in [6.07, 6.45) is 2.89. The molecule has 1 heterocycles. The summed E-state index contributed by atoms with van der Waals surface area (Å²) >= 11 is 0. The summed E-state index contributed by atoms with van der Waals surface area (Å²) in [6.45, 7) is 0.344. The van der Waals surface area contributed by atoms with Crippen LogP contribution in [0.3, 0.4) is 0 Å². The molecule has 4 rings (SSSR count). The van der Waals surface area contributed by atoms with Gasteiger partial charge in [0.15, 0.2) is 11.9 Å². The second-order valence-electron chi connectivity index (χ2n) is 6.47. The summed E-state index contributed by atoms with van der Waals surface area (Å²) in [5.74, 6) is 0.125. The molecule has 0 spiro atoms. The highest BCUT2D eigenvalue weighted by Crippen LogP contribution is 2.15. The fourth-order valence-electron chi connectivity index (χ4n) is 3.25. The first kappa shape index (κ1) is 19.0. The number of rotatable bonds is 5. The average molecular weight is 418 g/mol. The largest absolute Gasteiger partial charge is 1.00 e. The van der Waals surface area contributed by atoms with Gasteiger partial charge in [-0.15, -0.1) is 0 Å². The molecule has 0 aliphatic heterocycles. The number of ketones is 1. The van der Waals surface area contributed by atoms with Crippen molar-refractivity contribution in [3.05, 3.63) is 114 Å². The van der Waals surface area contributed by atoms with Gasteiger partial charge in [0.2, 0.25) is 12.3 Å². The van der Waals surface area contributed by atoms with Gasteiger partial charge in [-0.25, -0.2) is 0 Å². The van der Waals surface area contributed by atoms with Gasteiger partial charge in [-0.2, -0.15) is 4.57 Å². The molecule has 4 aromatic rings. The topological polar surface area (TPSA) is 20.9 Å². The minimum atomic E-state index is 0. The zero-order valence-electron chi connectivity index (χ0n) is 14.9. The summed E-state index contributed by atoms with van der Waals surface area (Å²) < 4.78 is 2.09. The van der Waals surface area contributed by atoms with Crippen molar-refractivity contribution >= 4 is 16.6 Å². The lowest BCUT2D eigenvalue weighted by Gasteiger charge is -2.07. The lowest BCUT2D eigenvalue weighted by molar-refractivity contribution is -0.688. The number of benzene rings is 3. The molecule has 0 saturated heterocycles. The molecule has 0 aliphatic rings. The minimum absolute atomic E-state index is 0. The number of hydrogen-bond acceptors (Lipinski definition) is 1. The quantitative estimate of drug-likeness (QED) is 0.357. The smallest absolute Gasteiger partial charge is 0.227 e. The molecule has 0 N–H and O–H groups in total. The third kappa shape index (κ3) is 4.50. The van der Waals surface area contributed by atoms with E-state index in [0.29, 0.717) is 6.54 Å². The minimum Gasteiger partial charge on any atom is -1.00 e. The Morgan fingerprint density at radius 3 is 2.04 bits per heavy atom. The molecule has 3 heteroatoms. The average Bonchev–Trinajstić information content (AvgIpc) is 2.70. The highest BCUT2D eigenvalue weighted by atomic mass is 79.9. The van der Waals surface area contributed by atoms with Crippen LogP contribution in [0.1, 0.15) is 21.6 Å². The number of halogens is 1. The van der Waals surface area contributed by atoms with Gasteiger partial charge >= 0.3 is 0 Å². The molecular weight excluding hydrogens is 398 g/mol. The standard InChI is InChI=1S/C24H20NO.BrH/c26-24(20-11-5-2-6-12-20)18-25-17-22-14-8-7-13-21(22)16-23(25)15-19-9-3-1-4-10-19;/h1-14,16-17H,15,18H2;1H/q+1;/p-1. The van der Waals surface area contributed by atoms with Crippen molar-refractivity contribution in [1.29, 1.82) is 0 Å². The number of carbonyl (C=O) groups excluding carboxylic acids is 1. The highest BCUT2D eigenvalue weighted by Gasteiger charge is 2.18. The molecule has 0 unspecified atom stereocenters. The first-order chi connectivity index (χ1) is 12.8. The SMILES string of the molecule is O=C(C[n+]1cc2ccccc2cc1Cc1ccccc1)c1ccccc1.[Br-]. The first-order valence-corrected chi connectivity index (χ1v) is 8.83. The number of carbonyl (C=O) groups is 1. The Morgan fingerprint density at radius 1 is 0.741 bits per heavy atom. The van der Waals surface area contributed by atoms with E-state index in [1.165, 1.54) is 10.9 Å². The van der Waals surface area contributed by atoms with Gasteiger partial charge in [0.1, 0.15) is 0 Å². The number of aromatic nitrogens is 1. The van der Waals surface area contributed by atoms with Gasteiger partial charge in [0.05, 0.1) is 6.42 Å². The summed E-state index contributed by atoms with van der Waals surface area (Å²) in [5.41, 5.74) is 3.13. The van der Waals surface area contributed by atoms with E-state index in [2.05, 4.69) is 53.2 Å². The molecule has 3 aromatic carbocycles. The van der Waals surface area contributed by atoms with Crippen LogP contribution in [0.15, 0.2) is 97.2 Å². The first-order valence-electron chi connectivity index (χ1n) is 8.83. The maximum absolute atomic E-state index is 12.7. The predicted molar refractivity (Wildman–Crippen MR) is 104 cm³/mol. The van der Waals surface area contributed by atoms with Gasteiger partial charge in [0.25, 0.3) is 0 Å². The van der Waals surface area contributed by atoms with Crippen molar-refractivity contribution in [2.75, 3.05) is 0 Å². The Kier molecular flexibility index (Phi) is 6.15. The van der Waals surface area contributed by atoms with Crippen LogP contribution in [-0.4, -0.2) is 5.78 Å². The Hall–Kier alpha value is -2.78. The molecule has 0 saturated carbocycles. The van der Waals surface area contributed by atoms with Crippen molar-refractivity contribution in [1.82, 2.24) is 0 Å². The molecule has 134 valence electrons. The van der Waals surface area contributed by atoms with Crippen molar-refractivity contribution in [3.8, 4) is 0 Å². The Balaban J connectivity index is 0.00000210. The zero-order valence-corrected chi connectivity index (χ0v) is 16.5. The summed E-state index contributed by atoms with van der Waals surface area (Å²) in [4.78, 5) is 12.7. The van der Waals surface area contributed by atoms with E-state index in [1.807, 2.05) is 48.5 Å². The van der Waals surface area contributed by atoms with E-state index in [-0.39, 0.29) is 22.8 Å².